The summed E-state index contributed by atoms with van der Waals surface area (Å²) in [5.74, 6) is 1.62. The summed E-state index contributed by atoms with van der Waals surface area (Å²) in [5.41, 5.74) is 2.71. The molecule has 2 unspecified atom stereocenters. The van der Waals surface area contributed by atoms with Crippen molar-refractivity contribution >= 4 is 5.91 Å². The molecule has 0 radical (unpaired) electrons. The topological polar surface area (TPSA) is 48.0 Å². The standard InChI is InChI=1S/C24H20FNO4/c1-15-4-2-3-5-19(15)30-23-22(17-7-9-18(25)10-8-17)26(24(23)27)13-16-6-11-20-21(12-16)29-14-28-20/h2-12,22-23H,13-14H2,1H3. The third-order valence-corrected chi connectivity index (χ3v) is 5.50. The SMILES string of the molecule is Cc1ccccc1OC1C(=O)N(Cc2ccc3c(c2)OCO3)C1c1ccc(F)cc1. The van der Waals surface area contributed by atoms with Crippen LogP contribution in [0.4, 0.5) is 4.39 Å². The van der Waals surface area contributed by atoms with E-state index in [4.69, 9.17) is 14.2 Å². The second kappa shape index (κ2) is 7.37. The maximum atomic E-state index is 13.5. The number of hydrogen-bond acceptors (Lipinski definition) is 4. The molecule has 2 heterocycles. The Morgan fingerprint density at radius 3 is 2.60 bits per heavy atom. The summed E-state index contributed by atoms with van der Waals surface area (Å²) >= 11 is 0. The first-order valence-electron chi connectivity index (χ1n) is 9.77. The van der Waals surface area contributed by atoms with E-state index in [1.165, 1.54) is 12.1 Å². The Hall–Kier alpha value is -3.54. The summed E-state index contributed by atoms with van der Waals surface area (Å²) in [6.45, 7) is 2.53. The first-order valence-corrected chi connectivity index (χ1v) is 9.77. The molecule has 3 aromatic rings. The highest BCUT2D eigenvalue weighted by Gasteiger charge is 2.50. The lowest BCUT2D eigenvalue weighted by molar-refractivity contribution is -0.165. The molecule has 3 aromatic carbocycles. The number of amides is 1. The first-order chi connectivity index (χ1) is 14.6. The van der Waals surface area contributed by atoms with Gasteiger partial charge in [-0.05, 0) is 53.9 Å². The van der Waals surface area contributed by atoms with E-state index in [1.54, 1.807) is 17.0 Å². The quantitative estimate of drug-likeness (QED) is 0.591. The number of carbonyl (C=O) groups excluding carboxylic acids is 1. The molecule has 0 bridgehead atoms. The zero-order valence-electron chi connectivity index (χ0n) is 16.4. The number of ether oxygens (including phenoxy) is 3. The van der Waals surface area contributed by atoms with Gasteiger partial charge in [-0.25, -0.2) is 4.39 Å². The van der Waals surface area contributed by atoms with E-state index in [0.29, 0.717) is 23.8 Å². The molecule has 2 aliphatic rings. The second-order valence-corrected chi connectivity index (χ2v) is 7.45. The lowest BCUT2D eigenvalue weighted by atomic mass is 9.89. The highest BCUT2D eigenvalue weighted by molar-refractivity contribution is 5.89. The van der Waals surface area contributed by atoms with Gasteiger partial charge in [-0.2, -0.15) is 0 Å². The zero-order valence-corrected chi connectivity index (χ0v) is 16.4. The minimum absolute atomic E-state index is 0.106. The summed E-state index contributed by atoms with van der Waals surface area (Å²) in [7, 11) is 0. The molecule has 1 amide bonds. The minimum atomic E-state index is -0.662. The number of carbonyl (C=O) groups is 1. The fourth-order valence-corrected chi connectivity index (χ4v) is 3.88. The van der Waals surface area contributed by atoms with Gasteiger partial charge in [0.1, 0.15) is 17.6 Å². The van der Waals surface area contributed by atoms with E-state index in [-0.39, 0.29) is 24.6 Å². The van der Waals surface area contributed by atoms with Crippen LogP contribution in [-0.2, 0) is 11.3 Å². The van der Waals surface area contributed by atoms with Gasteiger partial charge in [0.2, 0.25) is 12.9 Å². The normalized spacial score (nSPS) is 19.5. The van der Waals surface area contributed by atoms with E-state index >= 15 is 0 Å². The van der Waals surface area contributed by atoms with Gasteiger partial charge in [-0.3, -0.25) is 4.79 Å². The van der Waals surface area contributed by atoms with Gasteiger partial charge in [0, 0.05) is 6.54 Å². The van der Waals surface area contributed by atoms with Gasteiger partial charge in [0.25, 0.3) is 5.91 Å². The predicted molar refractivity (Wildman–Crippen MR) is 108 cm³/mol. The van der Waals surface area contributed by atoms with E-state index in [2.05, 4.69) is 0 Å². The van der Waals surface area contributed by atoms with Crippen molar-refractivity contribution in [1.29, 1.82) is 0 Å². The molecule has 0 spiro atoms. The summed E-state index contributed by atoms with van der Waals surface area (Å²) in [4.78, 5) is 14.8. The average Bonchev–Trinajstić information content (AvgIpc) is 3.22. The van der Waals surface area contributed by atoms with Gasteiger partial charge >= 0.3 is 0 Å². The number of aryl methyl sites for hydroxylation is 1. The van der Waals surface area contributed by atoms with Crippen LogP contribution in [0.15, 0.2) is 66.7 Å². The van der Waals surface area contributed by atoms with Crippen molar-refractivity contribution in [2.75, 3.05) is 6.79 Å². The van der Waals surface area contributed by atoms with Gasteiger partial charge in [-0.1, -0.05) is 36.4 Å². The lowest BCUT2D eigenvalue weighted by Gasteiger charge is -2.47. The Kier molecular flexibility index (Phi) is 4.54. The van der Waals surface area contributed by atoms with E-state index in [9.17, 15) is 9.18 Å². The summed E-state index contributed by atoms with van der Waals surface area (Å²) in [5, 5.41) is 0. The molecule has 1 saturated heterocycles. The molecule has 152 valence electrons. The van der Waals surface area contributed by atoms with E-state index in [0.717, 1.165) is 16.7 Å². The van der Waals surface area contributed by atoms with Crippen LogP contribution in [0, 0.1) is 12.7 Å². The number of halogens is 1. The van der Waals surface area contributed by atoms with Crippen molar-refractivity contribution in [2.45, 2.75) is 25.6 Å². The van der Waals surface area contributed by atoms with Crippen LogP contribution in [0.25, 0.3) is 0 Å². The highest BCUT2D eigenvalue weighted by atomic mass is 19.1. The van der Waals surface area contributed by atoms with E-state index < -0.39 is 6.10 Å². The van der Waals surface area contributed by atoms with Crippen LogP contribution < -0.4 is 14.2 Å². The number of fused-ring (bicyclic) bond motifs is 1. The molecule has 0 aromatic heterocycles. The van der Waals surface area contributed by atoms with Gasteiger partial charge in [0.05, 0.1) is 0 Å². The predicted octanol–water partition coefficient (Wildman–Crippen LogP) is 4.39. The molecule has 5 nitrogen and oxygen atoms in total. The number of β-lactam (4-membered cyclic amide) rings is 1. The Bertz CT molecular complexity index is 1100. The minimum Gasteiger partial charge on any atom is -0.478 e. The fourth-order valence-electron chi connectivity index (χ4n) is 3.88. The van der Waals surface area contributed by atoms with E-state index in [1.807, 2.05) is 49.4 Å². The van der Waals surface area contributed by atoms with Crippen LogP contribution in [0.5, 0.6) is 17.2 Å². The van der Waals surface area contributed by atoms with Crippen LogP contribution in [0.3, 0.4) is 0 Å². The number of nitrogens with zero attached hydrogens (tertiary/aromatic N) is 1. The second-order valence-electron chi connectivity index (χ2n) is 7.45. The maximum Gasteiger partial charge on any atom is 0.267 e. The molecular formula is C24H20FNO4. The van der Waals surface area contributed by atoms with Crippen molar-refractivity contribution in [3.05, 3.63) is 89.2 Å². The molecule has 2 atom stereocenters. The van der Waals surface area contributed by atoms with Gasteiger partial charge in [0.15, 0.2) is 11.5 Å². The van der Waals surface area contributed by atoms with Crippen molar-refractivity contribution < 1.29 is 23.4 Å². The van der Waals surface area contributed by atoms with Crippen molar-refractivity contribution in [3.8, 4) is 17.2 Å². The van der Waals surface area contributed by atoms with Crippen LogP contribution >= 0.6 is 0 Å². The maximum absolute atomic E-state index is 13.5. The molecule has 0 saturated carbocycles. The van der Waals surface area contributed by atoms with Crippen molar-refractivity contribution in [3.63, 3.8) is 0 Å². The smallest absolute Gasteiger partial charge is 0.267 e. The monoisotopic (exact) mass is 405 g/mol. The molecule has 30 heavy (non-hydrogen) atoms. The summed E-state index contributed by atoms with van der Waals surface area (Å²) in [6, 6.07) is 19.1. The first kappa shape index (κ1) is 18.5. The van der Waals surface area contributed by atoms with Crippen LogP contribution in [-0.4, -0.2) is 23.7 Å². The molecule has 0 N–H and O–H groups in total. The highest BCUT2D eigenvalue weighted by Crippen LogP contribution is 2.40. The average molecular weight is 405 g/mol. The zero-order chi connectivity index (χ0) is 20.7. The lowest BCUT2D eigenvalue weighted by Crippen LogP contribution is -2.60. The summed E-state index contributed by atoms with van der Waals surface area (Å²) in [6.07, 6.45) is -0.662. The molecule has 5 rings (SSSR count). The number of benzene rings is 3. The van der Waals surface area contributed by atoms with Crippen molar-refractivity contribution in [1.82, 2.24) is 4.90 Å². The third kappa shape index (κ3) is 3.24. The van der Waals surface area contributed by atoms with Crippen LogP contribution in [0.1, 0.15) is 22.7 Å². The summed E-state index contributed by atoms with van der Waals surface area (Å²) < 4.78 is 30.4. The Labute approximate surface area is 173 Å². The Balaban J connectivity index is 1.43. The molecule has 6 heteroatoms. The van der Waals surface area contributed by atoms with Crippen molar-refractivity contribution in [2.24, 2.45) is 0 Å². The number of hydrogen-bond donors (Lipinski definition) is 0. The Morgan fingerprint density at radius 2 is 1.80 bits per heavy atom. The van der Waals surface area contributed by atoms with Gasteiger partial charge in [-0.15, -0.1) is 0 Å². The number of likely N-dealkylation sites (tertiary alicyclic amines) is 1. The number of rotatable bonds is 5. The number of para-hydroxylation sites is 1. The Morgan fingerprint density at radius 1 is 1.03 bits per heavy atom. The molecule has 1 fully saturated rings. The molecular weight excluding hydrogens is 385 g/mol. The third-order valence-electron chi connectivity index (χ3n) is 5.50. The van der Waals surface area contributed by atoms with Crippen LogP contribution in [0.2, 0.25) is 0 Å². The molecule has 0 aliphatic carbocycles. The molecule has 2 aliphatic heterocycles. The van der Waals surface area contributed by atoms with Gasteiger partial charge < -0.3 is 19.1 Å². The fraction of sp³-hybridized carbons (Fsp3) is 0.208. The largest absolute Gasteiger partial charge is 0.478 e.